The van der Waals surface area contributed by atoms with Gasteiger partial charge in [-0.25, -0.2) is 4.79 Å². The van der Waals surface area contributed by atoms with Gasteiger partial charge >= 0.3 is 6.09 Å². The van der Waals surface area contributed by atoms with E-state index in [9.17, 15) is 9.59 Å². The Morgan fingerprint density at radius 1 is 1.22 bits per heavy atom. The molecule has 0 bridgehead atoms. The van der Waals surface area contributed by atoms with Crippen LogP contribution in [0.3, 0.4) is 0 Å². The first-order valence-corrected chi connectivity index (χ1v) is 5.28. The predicted molar refractivity (Wildman–Crippen MR) is 63.7 cm³/mol. The summed E-state index contributed by atoms with van der Waals surface area (Å²) in [7, 11) is 2.76. The largest absolute Gasteiger partial charge is 0.491 e. The number of hydrogen-bond acceptors (Lipinski definition) is 5. The first-order valence-electron chi connectivity index (χ1n) is 5.28. The van der Waals surface area contributed by atoms with Crippen molar-refractivity contribution in [1.82, 2.24) is 5.32 Å². The molecule has 0 unspecified atom stereocenters. The van der Waals surface area contributed by atoms with E-state index in [1.807, 2.05) is 0 Å². The van der Waals surface area contributed by atoms with Gasteiger partial charge in [0.1, 0.15) is 12.4 Å². The Bertz CT molecular complexity index is 419. The van der Waals surface area contributed by atoms with Crippen molar-refractivity contribution in [1.29, 1.82) is 0 Å². The molecule has 0 fully saturated rings. The quantitative estimate of drug-likeness (QED) is 0.798. The maximum absolute atomic E-state index is 11.6. The SMILES string of the molecule is COCCOc1cccc(C(=O)NC(=O)OC)c1. The van der Waals surface area contributed by atoms with Crippen molar-refractivity contribution in [2.75, 3.05) is 27.4 Å². The van der Waals surface area contributed by atoms with Gasteiger partial charge in [-0.1, -0.05) is 6.07 Å². The Balaban J connectivity index is 2.63. The number of ether oxygens (including phenoxy) is 3. The van der Waals surface area contributed by atoms with Crippen LogP contribution in [0.25, 0.3) is 0 Å². The average Bonchev–Trinajstić information content (AvgIpc) is 2.39. The van der Waals surface area contributed by atoms with E-state index in [0.29, 0.717) is 24.5 Å². The van der Waals surface area contributed by atoms with Crippen molar-refractivity contribution in [3.8, 4) is 5.75 Å². The summed E-state index contributed by atoms with van der Waals surface area (Å²) in [6.45, 7) is 0.844. The van der Waals surface area contributed by atoms with E-state index in [-0.39, 0.29) is 0 Å². The number of amides is 2. The topological polar surface area (TPSA) is 73.9 Å². The molecule has 6 nitrogen and oxygen atoms in total. The number of benzene rings is 1. The smallest absolute Gasteiger partial charge is 0.413 e. The lowest BCUT2D eigenvalue weighted by atomic mass is 10.2. The maximum atomic E-state index is 11.6. The normalized spacial score (nSPS) is 9.67. The second-order valence-electron chi connectivity index (χ2n) is 3.31. The highest BCUT2D eigenvalue weighted by molar-refractivity contribution is 6.03. The highest BCUT2D eigenvalue weighted by atomic mass is 16.5. The molecule has 0 aromatic heterocycles. The van der Waals surface area contributed by atoms with Gasteiger partial charge < -0.3 is 14.2 Å². The molecule has 98 valence electrons. The fraction of sp³-hybridized carbons (Fsp3) is 0.333. The highest BCUT2D eigenvalue weighted by Gasteiger charge is 2.10. The molecule has 1 aromatic carbocycles. The molecule has 0 atom stereocenters. The molecule has 0 aliphatic rings. The van der Waals surface area contributed by atoms with Crippen LogP contribution >= 0.6 is 0 Å². The van der Waals surface area contributed by atoms with Crippen LogP contribution in [-0.2, 0) is 9.47 Å². The van der Waals surface area contributed by atoms with Crippen LogP contribution in [0, 0.1) is 0 Å². The third-order valence-corrected chi connectivity index (χ3v) is 2.05. The number of carbonyl (C=O) groups excluding carboxylic acids is 2. The van der Waals surface area contributed by atoms with Gasteiger partial charge in [0.05, 0.1) is 13.7 Å². The standard InChI is InChI=1S/C12H15NO5/c1-16-6-7-18-10-5-3-4-9(8-10)11(14)13-12(15)17-2/h3-5,8H,6-7H2,1-2H3,(H,13,14,15). The number of carbonyl (C=O) groups is 2. The van der Waals surface area contributed by atoms with E-state index in [1.54, 1.807) is 25.3 Å². The van der Waals surface area contributed by atoms with Crippen LogP contribution in [0.1, 0.15) is 10.4 Å². The molecule has 0 heterocycles. The van der Waals surface area contributed by atoms with E-state index in [1.165, 1.54) is 13.2 Å². The second-order valence-corrected chi connectivity index (χ2v) is 3.31. The number of alkyl carbamates (subject to hydrolysis) is 1. The van der Waals surface area contributed by atoms with Gasteiger partial charge in [-0.05, 0) is 18.2 Å². The van der Waals surface area contributed by atoms with E-state index < -0.39 is 12.0 Å². The lowest BCUT2D eigenvalue weighted by molar-refractivity contribution is 0.0936. The molecular formula is C12H15NO5. The lowest BCUT2D eigenvalue weighted by Gasteiger charge is -2.07. The van der Waals surface area contributed by atoms with Gasteiger partial charge in [-0.15, -0.1) is 0 Å². The van der Waals surface area contributed by atoms with Crippen LogP contribution in [0.4, 0.5) is 4.79 Å². The third-order valence-electron chi connectivity index (χ3n) is 2.05. The molecule has 0 saturated carbocycles. The van der Waals surface area contributed by atoms with Crippen molar-refractivity contribution in [2.24, 2.45) is 0 Å². The molecule has 18 heavy (non-hydrogen) atoms. The highest BCUT2D eigenvalue weighted by Crippen LogP contribution is 2.13. The Labute approximate surface area is 105 Å². The molecule has 1 rings (SSSR count). The summed E-state index contributed by atoms with van der Waals surface area (Å²) in [5.41, 5.74) is 0.315. The summed E-state index contributed by atoms with van der Waals surface area (Å²) in [6, 6.07) is 6.48. The predicted octanol–water partition coefficient (Wildman–Crippen LogP) is 1.21. The summed E-state index contributed by atoms with van der Waals surface area (Å²) in [5.74, 6) is -0.0105. The summed E-state index contributed by atoms with van der Waals surface area (Å²) in [5, 5.41) is 2.06. The zero-order valence-corrected chi connectivity index (χ0v) is 10.3. The Morgan fingerprint density at radius 2 is 2.00 bits per heavy atom. The molecule has 6 heteroatoms. The molecule has 0 aliphatic carbocycles. The van der Waals surface area contributed by atoms with Crippen molar-refractivity contribution in [3.63, 3.8) is 0 Å². The van der Waals surface area contributed by atoms with Crippen molar-refractivity contribution in [3.05, 3.63) is 29.8 Å². The number of hydrogen-bond donors (Lipinski definition) is 1. The van der Waals surface area contributed by atoms with E-state index in [4.69, 9.17) is 9.47 Å². The van der Waals surface area contributed by atoms with Gasteiger partial charge in [0.15, 0.2) is 0 Å². The fourth-order valence-corrected chi connectivity index (χ4v) is 1.19. The fourth-order valence-electron chi connectivity index (χ4n) is 1.19. The van der Waals surface area contributed by atoms with Crippen LogP contribution in [0.2, 0.25) is 0 Å². The minimum atomic E-state index is -0.800. The molecule has 0 radical (unpaired) electrons. The summed E-state index contributed by atoms with van der Waals surface area (Å²) < 4.78 is 14.5. The van der Waals surface area contributed by atoms with Crippen molar-refractivity contribution >= 4 is 12.0 Å². The van der Waals surface area contributed by atoms with Gasteiger partial charge in [0, 0.05) is 12.7 Å². The minimum Gasteiger partial charge on any atom is -0.491 e. The molecule has 1 N–H and O–H groups in total. The van der Waals surface area contributed by atoms with Gasteiger partial charge in [0.25, 0.3) is 5.91 Å². The average molecular weight is 253 g/mol. The maximum Gasteiger partial charge on any atom is 0.413 e. The Hall–Kier alpha value is -2.08. The summed E-state index contributed by atoms with van der Waals surface area (Å²) in [4.78, 5) is 22.5. The van der Waals surface area contributed by atoms with Gasteiger partial charge in [0.2, 0.25) is 0 Å². The van der Waals surface area contributed by atoms with Crippen LogP contribution in [0.5, 0.6) is 5.75 Å². The molecule has 0 aliphatic heterocycles. The third kappa shape index (κ3) is 4.42. The minimum absolute atomic E-state index is 0.315. The van der Waals surface area contributed by atoms with Gasteiger partial charge in [-0.2, -0.15) is 0 Å². The van der Waals surface area contributed by atoms with Crippen LogP contribution < -0.4 is 10.1 Å². The number of imide groups is 1. The monoisotopic (exact) mass is 253 g/mol. The Kier molecular flexibility index (Phi) is 5.66. The first kappa shape index (κ1) is 14.0. The van der Waals surface area contributed by atoms with E-state index >= 15 is 0 Å². The molecule has 0 saturated heterocycles. The van der Waals surface area contributed by atoms with E-state index in [2.05, 4.69) is 10.1 Å². The van der Waals surface area contributed by atoms with Gasteiger partial charge in [-0.3, -0.25) is 10.1 Å². The summed E-state index contributed by atoms with van der Waals surface area (Å²) in [6.07, 6.45) is -0.800. The molecule has 2 amide bonds. The lowest BCUT2D eigenvalue weighted by Crippen LogP contribution is -2.30. The molecule has 0 spiro atoms. The van der Waals surface area contributed by atoms with Crippen molar-refractivity contribution in [2.45, 2.75) is 0 Å². The zero-order valence-electron chi connectivity index (χ0n) is 10.3. The summed E-state index contributed by atoms with van der Waals surface area (Å²) >= 11 is 0. The molecular weight excluding hydrogens is 238 g/mol. The zero-order chi connectivity index (χ0) is 13.4. The number of nitrogens with one attached hydrogen (secondary N) is 1. The second kappa shape index (κ2) is 7.29. The first-order chi connectivity index (χ1) is 8.67. The van der Waals surface area contributed by atoms with E-state index in [0.717, 1.165) is 0 Å². The Morgan fingerprint density at radius 3 is 2.67 bits per heavy atom. The number of methoxy groups -OCH3 is 2. The van der Waals surface area contributed by atoms with Crippen LogP contribution in [-0.4, -0.2) is 39.4 Å². The van der Waals surface area contributed by atoms with Crippen molar-refractivity contribution < 1.29 is 23.8 Å². The molecule has 1 aromatic rings. The van der Waals surface area contributed by atoms with Crippen LogP contribution in [0.15, 0.2) is 24.3 Å². The number of rotatable bonds is 5.